The Morgan fingerprint density at radius 2 is 0.704 bits per heavy atom. The third-order valence-corrected chi connectivity index (χ3v) is 7.57. The summed E-state index contributed by atoms with van der Waals surface area (Å²) in [5.41, 5.74) is 4.36. The van der Waals surface area contributed by atoms with Crippen molar-refractivity contribution in [1.82, 2.24) is 9.80 Å². The Kier molecular flexibility index (Phi) is 11.4. The minimum atomic E-state index is -0.778. The van der Waals surface area contributed by atoms with Gasteiger partial charge in [-0.1, -0.05) is 24.3 Å². The number of nitrogens with zero attached hydrogens (tertiary/aromatic N) is 6. The van der Waals surface area contributed by atoms with Crippen molar-refractivity contribution in [2.45, 2.75) is 0 Å². The van der Waals surface area contributed by atoms with Crippen LogP contribution in [-0.4, -0.2) is 72.0 Å². The number of benzene rings is 4. The van der Waals surface area contributed by atoms with Gasteiger partial charge in [0.2, 0.25) is 13.6 Å². The molecule has 2 heterocycles. The van der Waals surface area contributed by atoms with E-state index in [-0.39, 0.29) is 0 Å². The summed E-state index contributed by atoms with van der Waals surface area (Å²) in [6.07, 6.45) is 4.34. The summed E-state index contributed by atoms with van der Waals surface area (Å²) in [6.45, 7) is -1.77. The Morgan fingerprint density at radius 3 is 1.00 bits per heavy atom. The van der Waals surface area contributed by atoms with Crippen molar-refractivity contribution >= 4 is 58.3 Å². The zero-order valence-corrected chi connectivity index (χ0v) is 28.1. The summed E-state index contributed by atoms with van der Waals surface area (Å²) >= 11 is 0. The van der Waals surface area contributed by atoms with E-state index >= 15 is 0 Å². The molecule has 0 saturated heterocycles. The Balaban J connectivity index is 0.911. The van der Waals surface area contributed by atoms with Crippen LogP contribution in [-0.2, 0) is 38.2 Å². The molecule has 0 atom stereocenters. The number of hydrogen-bond acceptors (Lipinski definition) is 14. The standard InChI is InChI=1S/C38H28N6O10/c45-33-17-18-34(46)43(33)21-37(49)53-23-51-31-13-9-29(10-14-31)41-39-27-5-1-25(2-6-27)26-3-7-28(8-4-26)40-42-30-11-15-32(16-12-30)52-24-54-38(50)22-44-35(47)19-20-36(44)48/h1-20H,21-24H2. The van der Waals surface area contributed by atoms with Gasteiger partial charge in [0.15, 0.2) is 0 Å². The van der Waals surface area contributed by atoms with Gasteiger partial charge in [-0.15, -0.1) is 0 Å². The first-order valence-corrected chi connectivity index (χ1v) is 16.1. The van der Waals surface area contributed by atoms with Crippen molar-refractivity contribution in [3.63, 3.8) is 0 Å². The van der Waals surface area contributed by atoms with Crippen molar-refractivity contribution in [3.05, 3.63) is 121 Å². The van der Waals surface area contributed by atoms with Gasteiger partial charge in [0.25, 0.3) is 23.6 Å². The van der Waals surface area contributed by atoms with Crippen LogP contribution in [0.5, 0.6) is 11.5 Å². The molecule has 2 aliphatic heterocycles. The maximum absolute atomic E-state index is 11.9. The van der Waals surface area contributed by atoms with Crippen LogP contribution < -0.4 is 9.47 Å². The summed E-state index contributed by atoms with van der Waals surface area (Å²) in [5.74, 6) is -3.01. The third kappa shape index (κ3) is 9.79. The molecule has 0 radical (unpaired) electrons. The van der Waals surface area contributed by atoms with Crippen molar-refractivity contribution in [3.8, 4) is 22.6 Å². The van der Waals surface area contributed by atoms with E-state index in [4.69, 9.17) is 18.9 Å². The van der Waals surface area contributed by atoms with Gasteiger partial charge in [-0.3, -0.25) is 38.6 Å². The van der Waals surface area contributed by atoms with E-state index in [0.29, 0.717) is 34.2 Å². The number of imide groups is 2. The lowest BCUT2D eigenvalue weighted by atomic mass is 10.1. The minimum Gasteiger partial charge on any atom is -0.457 e. The second-order valence-corrected chi connectivity index (χ2v) is 11.2. The molecule has 0 saturated carbocycles. The topological polar surface area (TPSA) is 195 Å². The summed E-state index contributed by atoms with van der Waals surface area (Å²) in [5, 5.41) is 17.0. The molecule has 4 aromatic carbocycles. The first-order chi connectivity index (χ1) is 26.2. The zero-order chi connectivity index (χ0) is 37.9. The highest BCUT2D eigenvalue weighted by Gasteiger charge is 2.27. The van der Waals surface area contributed by atoms with Gasteiger partial charge in [-0.05, 0) is 83.9 Å². The second-order valence-electron chi connectivity index (χ2n) is 11.2. The number of esters is 2. The lowest BCUT2D eigenvalue weighted by Crippen LogP contribution is -2.36. The first-order valence-electron chi connectivity index (χ1n) is 16.1. The van der Waals surface area contributed by atoms with Crippen molar-refractivity contribution in [1.29, 1.82) is 0 Å². The lowest BCUT2D eigenvalue weighted by molar-refractivity contribution is -0.156. The van der Waals surface area contributed by atoms with Gasteiger partial charge in [0, 0.05) is 24.3 Å². The Hall–Kier alpha value is -7.62. The Labute approximate surface area is 306 Å². The quantitative estimate of drug-likeness (QED) is 0.0625. The molecule has 54 heavy (non-hydrogen) atoms. The molecule has 0 bridgehead atoms. The van der Waals surface area contributed by atoms with Crippen LogP contribution in [0.3, 0.4) is 0 Å². The van der Waals surface area contributed by atoms with E-state index in [0.717, 1.165) is 45.2 Å². The zero-order valence-electron chi connectivity index (χ0n) is 28.1. The highest BCUT2D eigenvalue weighted by atomic mass is 16.7. The van der Waals surface area contributed by atoms with Crippen LogP contribution in [0.4, 0.5) is 22.7 Å². The van der Waals surface area contributed by atoms with E-state index in [2.05, 4.69) is 20.5 Å². The fourth-order valence-electron chi connectivity index (χ4n) is 4.74. The fourth-order valence-corrected chi connectivity index (χ4v) is 4.74. The third-order valence-electron chi connectivity index (χ3n) is 7.57. The number of carbonyl (C=O) groups excluding carboxylic acids is 6. The molecular formula is C38H28N6O10. The Bertz CT molecular complexity index is 1990. The monoisotopic (exact) mass is 728 g/mol. The molecule has 270 valence electrons. The van der Waals surface area contributed by atoms with E-state index < -0.39 is 62.2 Å². The predicted octanol–water partition coefficient (Wildman–Crippen LogP) is 5.79. The first kappa shape index (κ1) is 36.2. The number of amides is 4. The summed E-state index contributed by atoms with van der Waals surface area (Å²) in [6, 6.07) is 28.3. The Morgan fingerprint density at radius 1 is 0.426 bits per heavy atom. The van der Waals surface area contributed by atoms with Crippen LogP contribution in [0.2, 0.25) is 0 Å². The number of rotatable bonds is 15. The van der Waals surface area contributed by atoms with E-state index in [1.807, 2.05) is 48.5 Å². The van der Waals surface area contributed by atoms with Crippen LogP contribution in [0.15, 0.2) is 142 Å². The largest absolute Gasteiger partial charge is 0.457 e. The van der Waals surface area contributed by atoms with Gasteiger partial charge in [0.05, 0.1) is 22.7 Å². The lowest BCUT2D eigenvalue weighted by Gasteiger charge is -2.13. The van der Waals surface area contributed by atoms with Crippen molar-refractivity contribution in [2.75, 3.05) is 26.7 Å². The number of carbonyl (C=O) groups is 6. The molecule has 16 heteroatoms. The molecule has 0 spiro atoms. The van der Waals surface area contributed by atoms with E-state index in [9.17, 15) is 28.8 Å². The van der Waals surface area contributed by atoms with E-state index in [1.54, 1.807) is 48.5 Å². The van der Waals surface area contributed by atoms with E-state index in [1.165, 1.54) is 0 Å². The van der Waals surface area contributed by atoms with Crippen LogP contribution in [0.1, 0.15) is 0 Å². The molecule has 4 aromatic rings. The maximum Gasteiger partial charge on any atom is 0.329 e. The highest BCUT2D eigenvalue weighted by Crippen LogP contribution is 2.28. The second kappa shape index (κ2) is 17.1. The van der Waals surface area contributed by atoms with Gasteiger partial charge < -0.3 is 18.9 Å². The number of hydrogen-bond donors (Lipinski definition) is 0. The average molecular weight is 729 g/mol. The number of azo groups is 2. The SMILES string of the molecule is O=C(CN1C(=O)C=CC1=O)OCOc1ccc(N=Nc2ccc(-c3ccc(N=Nc4ccc(OCOC(=O)CN5C(=O)C=CC5=O)cc4)cc3)cc2)cc1. The molecule has 0 aliphatic carbocycles. The summed E-state index contributed by atoms with van der Waals surface area (Å²) < 4.78 is 20.6. The molecule has 4 amide bonds. The average Bonchev–Trinajstić information content (AvgIpc) is 3.68. The summed E-state index contributed by atoms with van der Waals surface area (Å²) in [7, 11) is 0. The van der Waals surface area contributed by atoms with Crippen LogP contribution >= 0.6 is 0 Å². The molecule has 2 aliphatic rings. The molecule has 0 unspecified atom stereocenters. The van der Waals surface area contributed by atoms with Gasteiger partial charge in [-0.25, -0.2) is 0 Å². The molecule has 0 N–H and O–H groups in total. The predicted molar refractivity (Wildman–Crippen MR) is 188 cm³/mol. The van der Waals surface area contributed by atoms with Crippen LogP contribution in [0.25, 0.3) is 11.1 Å². The van der Waals surface area contributed by atoms with Crippen LogP contribution in [0, 0.1) is 0 Å². The molecular weight excluding hydrogens is 700 g/mol. The van der Waals surface area contributed by atoms with Gasteiger partial charge in [0.1, 0.15) is 24.6 Å². The van der Waals surface area contributed by atoms with Crippen molar-refractivity contribution in [2.24, 2.45) is 20.5 Å². The van der Waals surface area contributed by atoms with Gasteiger partial charge in [-0.2, -0.15) is 20.5 Å². The normalized spacial score (nSPS) is 13.8. The summed E-state index contributed by atoms with van der Waals surface area (Å²) in [4.78, 5) is 71.4. The molecule has 6 rings (SSSR count). The maximum atomic E-state index is 11.9. The molecule has 0 fully saturated rings. The minimum absolute atomic E-state index is 0.393. The van der Waals surface area contributed by atoms with Crippen molar-refractivity contribution < 1.29 is 47.7 Å². The highest BCUT2D eigenvalue weighted by molar-refractivity contribution is 6.14. The fraction of sp³-hybridized carbons (Fsp3) is 0.105. The molecule has 0 aromatic heterocycles. The smallest absolute Gasteiger partial charge is 0.329 e. The molecule has 16 nitrogen and oxygen atoms in total. The van der Waals surface area contributed by atoms with Gasteiger partial charge >= 0.3 is 11.9 Å². The number of ether oxygens (including phenoxy) is 4.